The van der Waals surface area contributed by atoms with Gasteiger partial charge in [0.2, 0.25) is 10.0 Å². The number of hydrogen-bond donors (Lipinski definition) is 2. The number of rotatable bonds is 10. The lowest BCUT2D eigenvalue weighted by Gasteiger charge is -2.22. The summed E-state index contributed by atoms with van der Waals surface area (Å²) in [6, 6.07) is 6.30. The predicted molar refractivity (Wildman–Crippen MR) is 81.4 cm³/mol. The van der Waals surface area contributed by atoms with Crippen LogP contribution >= 0.6 is 0 Å². The zero-order valence-corrected chi connectivity index (χ0v) is 13.2. The minimum atomic E-state index is -3.55. The van der Waals surface area contributed by atoms with E-state index < -0.39 is 10.0 Å². The molecule has 0 fully saturated rings. The van der Waals surface area contributed by atoms with Crippen molar-refractivity contribution in [3.63, 3.8) is 0 Å². The van der Waals surface area contributed by atoms with Gasteiger partial charge in [0.15, 0.2) is 0 Å². The molecule has 0 spiro atoms. The highest BCUT2D eigenvalue weighted by molar-refractivity contribution is 7.89. The van der Waals surface area contributed by atoms with E-state index in [1.807, 2.05) is 0 Å². The zero-order chi connectivity index (χ0) is 15.7. The first-order valence-corrected chi connectivity index (χ1v) is 8.05. The zero-order valence-electron chi connectivity index (χ0n) is 12.4. The van der Waals surface area contributed by atoms with Crippen LogP contribution in [0.3, 0.4) is 0 Å². The van der Waals surface area contributed by atoms with Crippen molar-refractivity contribution in [3.05, 3.63) is 24.3 Å². The molecule has 0 aliphatic carbocycles. The average Bonchev–Trinajstić information content (AvgIpc) is 2.50. The smallest absolute Gasteiger partial charge is 0.243 e. The molecule has 120 valence electrons. The molecule has 0 radical (unpaired) electrons. The number of sulfonamides is 1. The third kappa shape index (κ3) is 5.25. The van der Waals surface area contributed by atoms with Crippen molar-refractivity contribution >= 4 is 15.7 Å². The summed E-state index contributed by atoms with van der Waals surface area (Å²) >= 11 is 0. The second kappa shape index (κ2) is 8.96. The molecular weight excluding hydrogens is 294 g/mol. The fraction of sp³-hybridized carbons (Fsp3) is 0.538. The van der Waals surface area contributed by atoms with Crippen LogP contribution in [0.4, 0.5) is 5.69 Å². The SMILES string of the molecule is COCCCN(CCOC)S(=O)(=O)c1ccc(NN)cc1. The van der Waals surface area contributed by atoms with Gasteiger partial charge >= 0.3 is 0 Å². The summed E-state index contributed by atoms with van der Waals surface area (Å²) < 4.78 is 36.6. The highest BCUT2D eigenvalue weighted by Crippen LogP contribution is 2.18. The number of nitrogens with one attached hydrogen (secondary N) is 1. The standard InChI is InChI=1S/C13H23N3O4S/c1-19-10-3-8-16(9-11-20-2)21(17,18)13-6-4-12(15-14)5-7-13/h4-7,15H,3,8-11,14H2,1-2H3. The van der Waals surface area contributed by atoms with Crippen LogP contribution in [0, 0.1) is 0 Å². The van der Waals surface area contributed by atoms with Crippen molar-refractivity contribution in [2.45, 2.75) is 11.3 Å². The van der Waals surface area contributed by atoms with Crippen LogP contribution in [0.25, 0.3) is 0 Å². The maximum atomic E-state index is 12.6. The Balaban J connectivity index is 2.89. The van der Waals surface area contributed by atoms with Crippen molar-refractivity contribution in [3.8, 4) is 0 Å². The lowest BCUT2D eigenvalue weighted by atomic mass is 10.3. The Bertz CT molecular complexity index is 505. The maximum Gasteiger partial charge on any atom is 0.243 e. The molecule has 0 atom stereocenters. The van der Waals surface area contributed by atoms with Crippen LogP contribution < -0.4 is 11.3 Å². The van der Waals surface area contributed by atoms with Gasteiger partial charge in [-0.15, -0.1) is 0 Å². The second-order valence-electron chi connectivity index (χ2n) is 4.41. The molecule has 8 heteroatoms. The number of nitrogens with zero attached hydrogens (tertiary/aromatic N) is 1. The number of anilines is 1. The molecular formula is C13H23N3O4S. The van der Waals surface area contributed by atoms with Crippen LogP contribution in [-0.4, -0.2) is 53.2 Å². The van der Waals surface area contributed by atoms with Gasteiger partial charge in [0.05, 0.1) is 11.5 Å². The molecule has 0 saturated heterocycles. The number of hydrazine groups is 1. The molecule has 3 N–H and O–H groups in total. The van der Waals surface area contributed by atoms with Gasteiger partial charge in [0.25, 0.3) is 0 Å². The molecule has 1 aromatic carbocycles. The molecule has 0 aliphatic rings. The molecule has 21 heavy (non-hydrogen) atoms. The number of benzene rings is 1. The summed E-state index contributed by atoms with van der Waals surface area (Å²) in [6.45, 7) is 1.54. The van der Waals surface area contributed by atoms with E-state index in [0.717, 1.165) is 0 Å². The molecule has 0 saturated carbocycles. The number of nitrogens with two attached hydrogens (primary N) is 1. The van der Waals surface area contributed by atoms with E-state index in [-0.39, 0.29) is 4.90 Å². The van der Waals surface area contributed by atoms with Crippen molar-refractivity contribution in [1.29, 1.82) is 0 Å². The molecule has 0 aliphatic heterocycles. The second-order valence-corrected chi connectivity index (χ2v) is 6.35. The van der Waals surface area contributed by atoms with Gasteiger partial charge < -0.3 is 14.9 Å². The highest BCUT2D eigenvalue weighted by atomic mass is 32.2. The summed E-state index contributed by atoms with van der Waals surface area (Å²) in [4.78, 5) is 0.231. The predicted octanol–water partition coefficient (Wildman–Crippen LogP) is 0.646. The molecule has 1 aromatic rings. The number of hydrogen-bond acceptors (Lipinski definition) is 6. The van der Waals surface area contributed by atoms with E-state index in [9.17, 15) is 8.42 Å². The number of nitrogen functional groups attached to an aromatic ring is 1. The Hall–Kier alpha value is -1.19. The topological polar surface area (TPSA) is 93.9 Å². The first-order chi connectivity index (χ1) is 10.1. The van der Waals surface area contributed by atoms with Crippen LogP contribution in [-0.2, 0) is 19.5 Å². The monoisotopic (exact) mass is 317 g/mol. The first-order valence-electron chi connectivity index (χ1n) is 6.61. The third-order valence-electron chi connectivity index (χ3n) is 2.96. The molecule has 0 aromatic heterocycles. The van der Waals surface area contributed by atoms with Crippen molar-refractivity contribution in [1.82, 2.24) is 4.31 Å². The Morgan fingerprint density at radius 3 is 2.24 bits per heavy atom. The van der Waals surface area contributed by atoms with E-state index in [0.29, 0.717) is 38.4 Å². The van der Waals surface area contributed by atoms with E-state index in [1.165, 1.54) is 16.4 Å². The molecule has 0 bridgehead atoms. The van der Waals surface area contributed by atoms with Gasteiger partial charge in [-0.25, -0.2) is 8.42 Å². The van der Waals surface area contributed by atoms with Crippen molar-refractivity contribution < 1.29 is 17.9 Å². The third-order valence-corrected chi connectivity index (χ3v) is 4.87. The van der Waals surface area contributed by atoms with Crippen LogP contribution in [0.2, 0.25) is 0 Å². The summed E-state index contributed by atoms with van der Waals surface area (Å²) in [5.41, 5.74) is 3.12. The van der Waals surface area contributed by atoms with Crippen LogP contribution in [0.1, 0.15) is 6.42 Å². The van der Waals surface area contributed by atoms with Crippen LogP contribution in [0.5, 0.6) is 0 Å². The minimum absolute atomic E-state index is 0.231. The van der Waals surface area contributed by atoms with Crippen molar-refractivity contribution in [2.24, 2.45) is 5.84 Å². The van der Waals surface area contributed by atoms with Gasteiger partial charge in [-0.1, -0.05) is 0 Å². The van der Waals surface area contributed by atoms with E-state index in [1.54, 1.807) is 26.4 Å². The summed E-state index contributed by atoms with van der Waals surface area (Å²) in [5, 5.41) is 0. The minimum Gasteiger partial charge on any atom is -0.385 e. The Labute approximate surface area is 126 Å². The van der Waals surface area contributed by atoms with Gasteiger partial charge in [0.1, 0.15) is 0 Å². The van der Waals surface area contributed by atoms with Gasteiger partial charge in [-0.3, -0.25) is 5.84 Å². The molecule has 0 amide bonds. The molecule has 7 nitrogen and oxygen atoms in total. The van der Waals surface area contributed by atoms with E-state index in [2.05, 4.69) is 5.43 Å². The fourth-order valence-corrected chi connectivity index (χ4v) is 3.27. The van der Waals surface area contributed by atoms with Crippen molar-refractivity contribution in [2.75, 3.05) is 45.9 Å². The Morgan fingerprint density at radius 2 is 1.71 bits per heavy atom. The van der Waals surface area contributed by atoms with E-state index in [4.69, 9.17) is 15.3 Å². The lowest BCUT2D eigenvalue weighted by Crippen LogP contribution is -2.35. The highest BCUT2D eigenvalue weighted by Gasteiger charge is 2.23. The maximum absolute atomic E-state index is 12.6. The quantitative estimate of drug-likeness (QED) is 0.374. The van der Waals surface area contributed by atoms with Gasteiger partial charge in [-0.05, 0) is 30.7 Å². The lowest BCUT2D eigenvalue weighted by molar-refractivity contribution is 0.164. The molecule has 1 rings (SSSR count). The van der Waals surface area contributed by atoms with Gasteiger partial charge in [0, 0.05) is 39.6 Å². The fourth-order valence-electron chi connectivity index (χ4n) is 1.80. The van der Waals surface area contributed by atoms with Gasteiger partial charge in [-0.2, -0.15) is 4.31 Å². The Morgan fingerprint density at radius 1 is 1.10 bits per heavy atom. The summed E-state index contributed by atoms with van der Waals surface area (Å²) in [6.07, 6.45) is 0.627. The normalized spacial score (nSPS) is 11.8. The first kappa shape index (κ1) is 17.9. The van der Waals surface area contributed by atoms with Crippen LogP contribution in [0.15, 0.2) is 29.2 Å². The number of ether oxygens (including phenoxy) is 2. The van der Waals surface area contributed by atoms with E-state index >= 15 is 0 Å². The molecule has 0 heterocycles. The summed E-state index contributed by atoms with van der Waals surface area (Å²) in [7, 11) is -0.416. The Kier molecular flexibility index (Phi) is 7.62. The summed E-state index contributed by atoms with van der Waals surface area (Å²) in [5.74, 6) is 5.28. The number of methoxy groups -OCH3 is 2. The largest absolute Gasteiger partial charge is 0.385 e. The molecule has 0 unspecified atom stereocenters. The average molecular weight is 317 g/mol.